The second-order valence-corrected chi connectivity index (χ2v) is 8.31. The van der Waals surface area contributed by atoms with Gasteiger partial charge in [-0.15, -0.1) is 0 Å². The molecule has 3 heterocycles. The second-order valence-electron chi connectivity index (χ2n) is 8.31. The van der Waals surface area contributed by atoms with E-state index in [-0.39, 0.29) is 23.4 Å². The number of hydrogen-bond acceptors (Lipinski definition) is 8. The molecule has 0 fully saturated rings. The average molecular weight is 487 g/mol. The maximum absolute atomic E-state index is 13.4. The minimum absolute atomic E-state index is 0.101. The van der Waals surface area contributed by atoms with Crippen molar-refractivity contribution in [3.8, 4) is 23.0 Å². The van der Waals surface area contributed by atoms with Crippen molar-refractivity contribution >= 4 is 17.9 Å². The highest BCUT2D eigenvalue weighted by Crippen LogP contribution is 2.33. The molecule has 186 valence electrons. The first-order valence-electron chi connectivity index (χ1n) is 12.0. The molecule has 1 aliphatic rings. The lowest BCUT2D eigenvalue weighted by Crippen LogP contribution is -2.28. The van der Waals surface area contributed by atoms with Crippen molar-refractivity contribution in [2.45, 2.75) is 32.2 Å². The number of nitrogens with zero attached hydrogens (tertiary/aromatic N) is 4. The number of ether oxygens (including phenoxy) is 2. The van der Waals surface area contributed by atoms with Gasteiger partial charge in [-0.1, -0.05) is 30.3 Å². The van der Waals surface area contributed by atoms with E-state index in [9.17, 15) is 4.79 Å². The number of pyridine rings is 1. The summed E-state index contributed by atoms with van der Waals surface area (Å²) in [4.78, 5) is 31.4. The summed E-state index contributed by atoms with van der Waals surface area (Å²) in [5.41, 5.74) is 1.72. The summed E-state index contributed by atoms with van der Waals surface area (Å²) in [5, 5.41) is 6.28. The smallest absolute Gasteiger partial charge is 0.274 e. The number of benzene rings is 1. The van der Waals surface area contributed by atoms with Gasteiger partial charge in [0, 0.05) is 44.2 Å². The molecule has 1 unspecified atom stereocenters. The van der Waals surface area contributed by atoms with E-state index >= 15 is 0 Å². The molecule has 0 aliphatic carbocycles. The fraction of sp³-hybridized carbons (Fsp3) is 0.296. The van der Waals surface area contributed by atoms with Crippen molar-refractivity contribution in [2.24, 2.45) is 4.99 Å². The van der Waals surface area contributed by atoms with Gasteiger partial charge in [-0.05, 0) is 44.0 Å². The van der Waals surface area contributed by atoms with Crippen LogP contribution in [0.2, 0.25) is 0 Å². The number of amides is 1. The highest BCUT2D eigenvalue weighted by molar-refractivity contribution is 5.97. The van der Waals surface area contributed by atoms with Crippen LogP contribution in [0.25, 0.3) is 11.5 Å². The molecule has 0 saturated carbocycles. The maximum atomic E-state index is 13.4. The third kappa shape index (κ3) is 6.73. The van der Waals surface area contributed by atoms with Crippen molar-refractivity contribution in [3.05, 3.63) is 72.2 Å². The molecule has 0 radical (unpaired) electrons. The number of rotatable bonds is 12. The van der Waals surface area contributed by atoms with E-state index in [1.54, 1.807) is 19.4 Å². The van der Waals surface area contributed by atoms with Crippen LogP contribution >= 0.6 is 0 Å². The Hall–Kier alpha value is -4.11. The quantitative estimate of drug-likeness (QED) is 0.359. The Balaban J connectivity index is 1.67. The number of aliphatic imine (C=N–C) groups is 1. The molecular weight excluding hydrogens is 456 g/mol. The van der Waals surface area contributed by atoms with Gasteiger partial charge in [0.15, 0.2) is 17.3 Å². The van der Waals surface area contributed by atoms with Crippen molar-refractivity contribution < 1.29 is 14.3 Å². The van der Waals surface area contributed by atoms with Gasteiger partial charge >= 0.3 is 0 Å². The van der Waals surface area contributed by atoms with E-state index in [1.165, 1.54) is 0 Å². The topological polar surface area (TPSA) is 111 Å². The molecule has 1 aromatic carbocycles. The number of nitrogens with one attached hydrogen (secondary N) is 2. The van der Waals surface area contributed by atoms with Crippen LogP contribution in [-0.2, 0) is 4.74 Å². The number of para-hydroxylation sites is 1. The normalized spacial score (nSPS) is 13.2. The molecule has 1 aliphatic heterocycles. The predicted molar refractivity (Wildman–Crippen MR) is 139 cm³/mol. The summed E-state index contributed by atoms with van der Waals surface area (Å²) in [5.74, 6) is 1.15. The fourth-order valence-corrected chi connectivity index (χ4v) is 3.67. The molecule has 4 rings (SSSR count). The first-order chi connectivity index (χ1) is 17.6. The zero-order valence-electron chi connectivity index (χ0n) is 20.5. The molecule has 1 amide bonds. The Morgan fingerprint density at radius 3 is 2.67 bits per heavy atom. The van der Waals surface area contributed by atoms with Crippen LogP contribution in [0.15, 0.2) is 71.5 Å². The van der Waals surface area contributed by atoms with E-state index in [4.69, 9.17) is 9.47 Å². The van der Waals surface area contributed by atoms with Crippen LogP contribution in [0.4, 0.5) is 5.82 Å². The van der Waals surface area contributed by atoms with Crippen LogP contribution in [0.1, 0.15) is 36.7 Å². The SMILES string of the molecule is COCC(C)Nc1nc(-c2ccccn2)nc(C(=O)NCCCC2=CCC=N2)c1Oc1ccccc1. The van der Waals surface area contributed by atoms with Crippen LogP contribution in [0, 0.1) is 0 Å². The molecule has 2 N–H and O–H groups in total. The monoisotopic (exact) mass is 486 g/mol. The summed E-state index contributed by atoms with van der Waals surface area (Å²) in [6, 6.07) is 14.6. The third-order valence-corrected chi connectivity index (χ3v) is 5.35. The largest absolute Gasteiger partial charge is 0.451 e. The van der Waals surface area contributed by atoms with Gasteiger partial charge in [-0.25, -0.2) is 9.97 Å². The molecule has 9 nitrogen and oxygen atoms in total. The lowest BCUT2D eigenvalue weighted by atomic mass is 10.2. The number of carbonyl (C=O) groups is 1. The summed E-state index contributed by atoms with van der Waals surface area (Å²) in [6.07, 6.45) is 8.08. The molecule has 0 spiro atoms. The number of methoxy groups -OCH3 is 1. The van der Waals surface area contributed by atoms with Crippen molar-refractivity contribution in [3.63, 3.8) is 0 Å². The Bertz CT molecular complexity index is 1210. The highest BCUT2D eigenvalue weighted by Gasteiger charge is 2.24. The van der Waals surface area contributed by atoms with E-state index in [0.717, 1.165) is 25.0 Å². The minimum atomic E-state index is -0.355. The summed E-state index contributed by atoms with van der Waals surface area (Å²) >= 11 is 0. The molecule has 36 heavy (non-hydrogen) atoms. The molecule has 0 bridgehead atoms. The number of carbonyl (C=O) groups excluding carboxylic acids is 1. The van der Waals surface area contributed by atoms with E-state index < -0.39 is 0 Å². The first-order valence-corrected chi connectivity index (χ1v) is 12.0. The zero-order chi connectivity index (χ0) is 25.2. The van der Waals surface area contributed by atoms with Gasteiger partial charge < -0.3 is 20.1 Å². The van der Waals surface area contributed by atoms with Crippen molar-refractivity contribution in [1.82, 2.24) is 20.3 Å². The lowest BCUT2D eigenvalue weighted by Gasteiger charge is -2.19. The van der Waals surface area contributed by atoms with E-state index in [0.29, 0.717) is 36.2 Å². The highest BCUT2D eigenvalue weighted by atomic mass is 16.5. The van der Waals surface area contributed by atoms with Gasteiger partial charge in [-0.3, -0.25) is 14.8 Å². The summed E-state index contributed by atoms with van der Waals surface area (Å²) in [7, 11) is 1.63. The van der Waals surface area contributed by atoms with Gasteiger partial charge in [0.2, 0.25) is 5.75 Å². The Kier molecular flexibility index (Phi) is 8.72. The van der Waals surface area contributed by atoms with Crippen LogP contribution < -0.4 is 15.4 Å². The molecule has 9 heteroatoms. The van der Waals surface area contributed by atoms with Crippen molar-refractivity contribution in [2.75, 3.05) is 25.6 Å². The second kappa shape index (κ2) is 12.6. The summed E-state index contributed by atoms with van der Waals surface area (Å²) < 4.78 is 11.5. The van der Waals surface area contributed by atoms with Crippen LogP contribution in [-0.4, -0.2) is 53.4 Å². The number of allylic oxidation sites excluding steroid dienone is 2. The molecule has 2 aromatic heterocycles. The van der Waals surface area contributed by atoms with Crippen LogP contribution in [0.3, 0.4) is 0 Å². The molecule has 3 aromatic rings. The Morgan fingerprint density at radius 1 is 1.11 bits per heavy atom. The maximum Gasteiger partial charge on any atom is 0.274 e. The number of aromatic nitrogens is 3. The minimum Gasteiger partial charge on any atom is -0.451 e. The molecule has 1 atom stereocenters. The predicted octanol–water partition coefficient (Wildman–Crippen LogP) is 4.65. The lowest BCUT2D eigenvalue weighted by molar-refractivity contribution is 0.0945. The Labute approximate surface area is 210 Å². The molecule has 0 saturated heterocycles. The third-order valence-electron chi connectivity index (χ3n) is 5.35. The zero-order valence-corrected chi connectivity index (χ0v) is 20.5. The van der Waals surface area contributed by atoms with E-state index in [1.807, 2.05) is 55.6 Å². The first kappa shape index (κ1) is 25.0. The van der Waals surface area contributed by atoms with Gasteiger partial charge in [0.25, 0.3) is 5.91 Å². The number of anilines is 1. The fourth-order valence-electron chi connectivity index (χ4n) is 3.67. The van der Waals surface area contributed by atoms with E-state index in [2.05, 4.69) is 36.7 Å². The summed E-state index contributed by atoms with van der Waals surface area (Å²) in [6.45, 7) is 2.87. The van der Waals surface area contributed by atoms with Crippen molar-refractivity contribution in [1.29, 1.82) is 0 Å². The average Bonchev–Trinajstić information content (AvgIpc) is 3.42. The number of hydrogen-bond donors (Lipinski definition) is 2. The molecular formula is C27H30N6O3. The van der Waals surface area contributed by atoms with Gasteiger partial charge in [-0.2, -0.15) is 0 Å². The van der Waals surface area contributed by atoms with Gasteiger partial charge in [0.05, 0.1) is 6.61 Å². The Morgan fingerprint density at radius 2 is 1.94 bits per heavy atom. The van der Waals surface area contributed by atoms with Crippen LogP contribution in [0.5, 0.6) is 11.5 Å². The van der Waals surface area contributed by atoms with Gasteiger partial charge in [0.1, 0.15) is 11.4 Å². The standard InChI is InChI=1S/C27H30N6O3/c1-19(18-35-2)31-26-24(36-21-12-4-3-5-13-21)23(32-25(33-26)22-14-6-7-15-29-22)27(34)30-17-9-11-20-10-8-16-28-20/h3-7,10,12-16,19H,8-9,11,17-18H2,1-2H3,(H,30,34)(H,31,32,33).